The number of benzene rings is 1. The van der Waals surface area contributed by atoms with Crippen molar-refractivity contribution in [3.05, 3.63) is 34.3 Å². The molecule has 1 aromatic rings. The van der Waals surface area contributed by atoms with Gasteiger partial charge in [0, 0.05) is 11.4 Å². The second-order valence-corrected chi connectivity index (χ2v) is 6.91. The lowest BCUT2D eigenvalue weighted by Crippen LogP contribution is -2.06. The lowest BCUT2D eigenvalue weighted by molar-refractivity contribution is -0.117. The summed E-state index contributed by atoms with van der Waals surface area (Å²) in [4.78, 5) is 11.4. The molecule has 0 aliphatic heterocycles. The molecule has 1 fully saturated rings. The molecule has 0 amide bonds. The van der Waals surface area contributed by atoms with E-state index in [0.717, 1.165) is 11.4 Å². The molecule has 0 saturated heterocycles. The third kappa shape index (κ3) is 4.72. The van der Waals surface area contributed by atoms with Crippen LogP contribution in [0.25, 0.3) is 0 Å². The minimum Gasteiger partial charge on any atom is -0.298 e. The molecule has 2 unspecified atom stereocenters. The molecule has 21 heavy (non-hydrogen) atoms. The first-order valence-electron chi connectivity index (χ1n) is 7.94. The number of hydrogen-bond acceptors (Lipinski definition) is 1. The molecule has 2 atom stereocenters. The van der Waals surface area contributed by atoms with Crippen molar-refractivity contribution in [3.63, 3.8) is 0 Å². The molecule has 1 aromatic carbocycles. The molecule has 0 aromatic heterocycles. The van der Waals surface area contributed by atoms with Crippen molar-refractivity contribution in [1.29, 1.82) is 0 Å². The van der Waals surface area contributed by atoms with Crippen LogP contribution in [-0.2, 0) is 4.79 Å². The van der Waals surface area contributed by atoms with Gasteiger partial charge in [-0.25, -0.2) is 0 Å². The molecule has 3 heteroatoms. The minimum absolute atomic E-state index is 0.164. The fraction of sp³-hybridized carbons (Fsp3) is 0.611. The minimum atomic E-state index is 0.164. The fourth-order valence-corrected chi connectivity index (χ4v) is 3.79. The van der Waals surface area contributed by atoms with Gasteiger partial charge in [0.15, 0.2) is 0 Å². The van der Waals surface area contributed by atoms with Crippen LogP contribution in [0.15, 0.2) is 18.2 Å². The maximum atomic E-state index is 11.4. The van der Waals surface area contributed by atoms with Gasteiger partial charge in [0.25, 0.3) is 0 Å². The summed E-state index contributed by atoms with van der Waals surface area (Å²) in [6, 6.07) is 6.26. The van der Waals surface area contributed by atoms with E-state index in [1.807, 2.05) is 6.07 Å². The second kappa shape index (κ2) is 8.19. The van der Waals surface area contributed by atoms with Gasteiger partial charge in [0.2, 0.25) is 0 Å². The number of carbonyl (C=O) groups excluding carboxylic acids is 1. The van der Waals surface area contributed by atoms with Crippen molar-refractivity contribution < 1.29 is 4.79 Å². The molecule has 1 nitrogen and oxygen atoms in total. The third-order valence-corrected chi connectivity index (χ3v) is 5.53. The first-order chi connectivity index (χ1) is 10.1. The van der Waals surface area contributed by atoms with Crippen LogP contribution < -0.4 is 0 Å². The van der Waals surface area contributed by atoms with E-state index in [-0.39, 0.29) is 11.7 Å². The quantitative estimate of drug-likeness (QED) is 0.486. The van der Waals surface area contributed by atoms with E-state index in [4.69, 9.17) is 23.2 Å². The van der Waals surface area contributed by atoms with Crippen molar-refractivity contribution in [2.45, 2.75) is 57.8 Å². The second-order valence-electron chi connectivity index (χ2n) is 6.24. The largest absolute Gasteiger partial charge is 0.298 e. The van der Waals surface area contributed by atoms with E-state index in [9.17, 15) is 4.79 Å². The van der Waals surface area contributed by atoms with Gasteiger partial charge in [-0.05, 0) is 61.6 Å². The Morgan fingerprint density at radius 1 is 1.24 bits per heavy atom. The molecule has 0 heterocycles. The van der Waals surface area contributed by atoms with Crippen molar-refractivity contribution in [1.82, 2.24) is 0 Å². The summed E-state index contributed by atoms with van der Waals surface area (Å²) in [7, 11) is 0. The fourth-order valence-electron chi connectivity index (χ4n) is 3.48. The molecule has 1 aliphatic carbocycles. The Morgan fingerprint density at radius 2 is 2.05 bits per heavy atom. The third-order valence-electron chi connectivity index (χ3n) is 4.82. The topological polar surface area (TPSA) is 17.1 Å². The summed E-state index contributed by atoms with van der Waals surface area (Å²) in [6.45, 7) is 2.12. The van der Waals surface area contributed by atoms with Crippen LogP contribution in [0.4, 0.5) is 0 Å². The van der Waals surface area contributed by atoms with Gasteiger partial charge >= 0.3 is 0 Å². The lowest BCUT2D eigenvalue weighted by atomic mass is 9.88. The molecular weight excluding hydrogens is 303 g/mol. The Kier molecular flexibility index (Phi) is 6.57. The summed E-state index contributed by atoms with van der Waals surface area (Å²) in [5.41, 5.74) is 2.65. The molecule has 1 saturated carbocycles. The van der Waals surface area contributed by atoms with E-state index in [2.05, 4.69) is 19.1 Å². The number of Topliss-reactive ketones (excluding diaryl/α,β-unsaturated/α-hetero) is 1. The molecule has 2 rings (SSSR count). The molecular formula is C18H24Cl2O. The van der Waals surface area contributed by atoms with E-state index < -0.39 is 0 Å². The van der Waals surface area contributed by atoms with E-state index in [1.54, 1.807) is 0 Å². The zero-order valence-corrected chi connectivity index (χ0v) is 14.2. The molecule has 1 aliphatic rings. The van der Waals surface area contributed by atoms with Gasteiger partial charge < -0.3 is 0 Å². The monoisotopic (exact) mass is 326 g/mol. The zero-order valence-electron chi connectivity index (χ0n) is 12.7. The Hall–Kier alpha value is -0.530. The van der Waals surface area contributed by atoms with Gasteiger partial charge in [-0.15, -0.1) is 11.6 Å². The number of carbonyl (C=O) groups is 1. The predicted octanol–water partition coefficient (Wildman–Crippen LogP) is 5.90. The van der Waals surface area contributed by atoms with Crippen LogP contribution >= 0.6 is 23.2 Å². The highest BCUT2D eigenvalue weighted by Crippen LogP contribution is 2.38. The Morgan fingerprint density at radius 3 is 2.81 bits per heavy atom. The average molecular weight is 327 g/mol. The summed E-state index contributed by atoms with van der Waals surface area (Å²) in [5.74, 6) is 1.65. The van der Waals surface area contributed by atoms with Gasteiger partial charge in [0.1, 0.15) is 5.78 Å². The first kappa shape index (κ1) is 16.8. The molecule has 0 spiro atoms. The highest BCUT2D eigenvalue weighted by atomic mass is 35.5. The molecule has 0 bridgehead atoms. The van der Waals surface area contributed by atoms with Crippen molar-refractivity contribution >= 4 is 29.0 Å². The van der Waals surface area contributed by atoms with Crippen LogP contribution in [0, 0.1) is 12.8 Å². The number of halogens is 2. The zero-order chi connectivity index (χ0) is 15.2. The van der Waals surface area contributed by atoms with E-state index in [0.29, 0.717) is 18.3 Å². The van der Waals surface area contributed by atoms with Crippen LogP contribution in [0.5, 0.6) is 0 Å². The van der Waals surface area contributed by atoms with Gasteiger partial charge in [-0.3, -0.25) is 4.79 Å². The summed E-state index contributed by atoms with van der Waals surface area (Å²) in [5, 5.41) is 0.876. The molecule has 116 valence electrons. The normalized spacial score (nSPS) is 22.8. The Labute approximate surface area is 138 Å². The number of rotatable bonds is 5. The standard InChI is InChI=1S/C18H24Cl2O/c1-13-17(6-3-7-18(13)20)15-5-2-4-14(8-10-15)9-11-16(21)12-19/h3,6-7,14-15H,2,4-5,8-12H2,1H3. The molecule has 0 N–H and O–H groups in total. The SMILES string of the molecule is Cc1c(Cl)cccc1C1CCCC(CCC(=O)CCl)CC1. The van der Waals surface area contributed by atoms with Gasteiger partial charge in [0.05, 0.1) is 5.88 Å². The number of ketones is 1. The lowest BCUT2D eigenvalue weighted by Gasteiger charge is -2.18. The average Bonchev–Trinajstić information content (AvgIpc) is 2.73. The smallest absolute Gasteiger partial charge is 0.147 e. The maximum Gasteiger partial charge on any atom is 0.147 e. The van der Waals surface area contributed by atoms with Crippen molar-refractivity contribution in [2.75, 3.05) is 5.88 Å². The van der Waals surface area contributed by atoms with E-state index >= 15 is 0 Å². The Balaban J connectivity index is 1.94. The van der Waals surface area contributed by atoms with Crippen LogP contribution in [0.2, 0.25) is 5.02 Å². The number of alkyl halides is 1. The van der Waals surface area contributed by atoms with Gasteiger partial charge in [-0.2, -0.15) is 0 Å². The van der Waals surface area contributed by atoms with Crippen molar-refractivity contribution in [3.8, 4) is 0 Å². The summed E-state index contributed by atoms with van der Waals surface area (Å²) < 4.78 is 0. The highest BCUT2D eigenvalue weighted by Gasteiger charge is 2.22. The number of hydrogen-bond donors (Lipinski definition) is 0. The van der Waals surface area contributed by atoms with Crippen LogP contribution in [0.1, 0.15) is 62.0 Å². The predicted molar refractivity (Wildman–Crippen MR) is 90.5 cm³/mol. The summed E-state index contributed by atoms with van der Waals surface area (Å²) >= 11 is 11.8. The first-order valence-corrected chi connectivity index (χ1v) is 8.85. The summed E-state index contributed by atoms with van der Waals surface area (Å²) in [6.07, 6.45) is 7.80. The molecule has 0 radical (unpaired) electrons. The van der Waals surface area contributed by atoms with Crippen LogP contribution in [-0.4, -0.2) is 11.7 Å². The van der Waals surface area contributed by atoms with Gasteiger partial charge in [-0.1, -0.05) is 36.6 Å². The van der Waals surface area contributed by atoms with Crippen LogP contribution in [0.3, 0.4) is 0 Å². The van der Waals surface area contributed by atoms with E-state index in [1.165, 1.54) is 43.2 Å². The van der Waals surface area contributed by atoms with Crippen molar-refractivity contribution in [2.24, 2.45) is 5.92 Å². The highest BCUT2D eigenvalue weighted by molar-refractivity contribution is 6.31. The Bertz CT molecular complexity index is 484. The maximum absolute atomic E-state index is 11.4.